The van der Waals surface area contributed by atoms with Crippen LogP contribution in [-0.2, 0) is 9.47 Å². The SMILES string of the molecule is COC(=O)N1CC2NCCOC2C1. The van der Waals surface area contributed by atoms with Gasteiger partial charge in [0.1, 0.15) is 0 Å². The van der Waals surface area contributed by atoms with Crippen molar-refractivity contribution in [2.75, 3.05) is 33.4 Å². The Morgan fingerprint density at radius 2 is 2.46 bits per heavy atom. The summed E-state index contributed by atoms with van der Waals surface area (Å²) in [5, 5.41) is 3.32. The van der Waals surface area contributed by atoms with E-state index in [4.69, 9.17) is 4.74 Å². The quantitative estimate of drug-likeness (QED) is 0.550. The highest BCUT2D eigenvalue weighted by molar-refractivity contribution is 5.68. The minimum absolute atomic E-state index is 0.146. The first-order valence-electron chi connectivity index (χ1n) is 4.49. The van der Waals surface area contributed by atoms with Gasteiger partial charge in [-0.3, -0.25) is 0 Å². The predicted octanol–water partition coefficient (Wildman–Crippen LogP) is -0.575. The maximum atomic E-state index is 11.2. The summed E-state index contributed by atoms with van der Waals surface area (Å²) >= 11 is 0. The fourth-order valence-corrected chi connectivity index (χ4v) is 1.87. The number of nitrogens with one attached hydrogen (secondary N) is 1. The number of amides is 1. The third-order valence-corrected chi connectivity index (χ3v) is 2.54. The first kappa shape index (κ1) is 8.77. The smallest absolute Gasteiger partial charge is 0.409 e. The van der Waals surface area contributed by atoms with Crippen LogP contribution in [0, 0.1) is 0 Å². The van der Waals surface area contributed by atoms with Gasteiger partial charge in [0.15, 0.2) is 0 Å². The zero-order valence-electron chi connectivity index (χ0n) is 7.66. The summed E-state index contributed by atoms with van der Waals surface area (Å²) in [6, 6.07) is 0.285. The molecule has 0 aromatic carbocycles. The second-order valence-electron chi connectivity index (χ2n) is 3.34. The van der Waals surface area contributed by atoms with E-state index in [-0.39, 0.29) is 18.2 Å². The van der Waals surface area contributed by atoms with E-state index in [9.17, 15) is 4.79 Å². The number of rotatable bonds is 0. The van der Waals surface area contributed by atoms with Crippen molar-refractivity contribution in [3.8, 4) is 0 Å². The molecule has 5 heteroatoms. The fourth-order valence-electron chi connectivity index (χ4n) is 1.87. The molecule has 2 aliphatic heterocycles. The second-order valence-corrected chi connectivity index (χ2v) is 3.34. The van der Waals surface area contributed by atoms with Crippen LogP contribution < -0.4 is 5.32 Å². The molecule has 2 atom stereocenters. The molecule has 2 heterocycles. The molecule has 0 radical (unpaired) electrons. The molecular weight excluding hydrogens is 172 g/mol. The number of hydrogen-bond acceptors (Lipinski definition) is 4. The molecule has 0 aromatic heterocycles. The van der Waals surface area contributed by atoms with Crippen molar-refractivity contribution < 1.29 is 14.3 Å². The largest absolute Gasteiger partial charge is 0.453 e. The van der Waals surface area contributed by atoms with Gasteiger partial charge in [0.2, 0.25) is 0 Å². The monoisotopic (exact) mass is 186 g/mol. The Balaban J connectivity index is 1.94. The van der Waals surface area contributed by atoms with E-state index in [0.717, 1.165) is 13.2 Å². The lowest BCUT2D eigenvalue weighted by atomic mass is 10.2. The zero-order chi connectivity index (χ0) is 9.26. The predicted molar refractivity (Wildman–Crippen MR) is 45.5 cm³/mol. The van der Waals surface area contributed by atoms with Crippen molar-refractivity contribution in [3.63, 3.8) is 0 Å². The van der Waals surface area contributed by atoms with Crippen LogP contribution in [0.4, 0.5) is 4.79 Å². The molecule has 0 bridgehead atoms. The van der Waals surface area contributed by atoms with E-state index in [2.05, 4.69) is 10.1 Å². The Morgan fingerprint density at radius 1 is 1.62 bits per heavy atom. The number of methoxy groups -OCH3 is 1. The summed E-state index contributed by atoms with van der Waals surface area (Å²) < 4.78 is 10.2. The number of morpholine rings is 1. The molecule has 74 valence electrons. The van der Waals surface area contributed by atoms with Crippen molar-refractivity contribution in [1.82, 2.24) is 10.2 Å². The minimum atomic E-state index is -0.264. The number of nitrogens with zero attached hydrogens (tertiary/aromatic N) is 1. The molecule has 1 amide bonds. The van der Waals surface area contributed by atoms with Crippen LogP contribution in [0.2, 0.25) is 0 Å². The van der Waals surface area contributed by atoms with Crippen LogP contribution in [0.3, 0.4) is 0 Å². The van der Waals surface area contributed by atoms with Gasteiger partial charge in [0, 0.05) is 13.1 Å². The molecule has 2 unspecified atom stereocenters. The summed E-state index contributed by atoms with van der Waals surface area (Å²) in [4.78, 5) is 12.9. The fraction of sp³-hybridized carbons (Fsp3) is 0.875. The maximum absolute atomic E-state index is 11.2. The molecule has 2 aliphatic rings. The number of hydrogen-bond donors (Lipinski definition) is 1. The van der Waals surface area contributed by atoms with Gasteiger partial charge in [-0.25, -0.2) is 4.79 Å². The zero-order valence-corrected chi connectivity index (χ0v) is 7.66. The van der Waals surface area contributed by atoms with E-state index in [0.29, 0.717) is 13.1 Å². The first-order valence-corrected chi connectivity index (χ1v) is 4.49. The van der Waals surface area contributed by atoms with Gasteiger partial charge in [0.05, 0.1) is 32.4 Å². The molecule has 5 nitrogen and oxygen atoms in total. The summed E-state index contributed by atoms with van der Waals surface area (Å²) in [7, 11) is 1.40. The van der Waals surface area contributed by atoms with Crippen LogP contribution in [-0.4, -0.2) is 56.5 Å². The molecule has 0 spiro atoms. The molecule has 2 saturated heterocycles. The standard InChI is InChI=1S/C8H14N2O3/c1-12-8(11)10-4-6-7(5-10)13-3-2-9-6/h6-7,9H,2-5H2,1H3. The Bertz CT molecular complexity index is 196. The third kappa shape index (κ3) is 1.62. The van der Waals surface area contributed by atoms with Gasteiger partial charge < -0.3 is 19.7 Å². The number of carbonyl (C=O) groups excluding carboxylic acids is 1. The second kappa shape index (κ2) is 3.51. The van der Waals surface area contributed by atoms with Crippen LogP contribution in [0.25, 0.3) is 0 Å². The van der Waals surface area contributed by atoms with E-state index < -0.39 is 0 Å². The highest BCUT2D eigenvalue weighted by atomic mass is 16.5. The number of likely N-dealkylation sites (tertiary alicyclic amines) is 1. The van der Waals surface area contributed by atoms with Crippen molar-refractivity contribution in [3.05, 3.63) is 0 Å². The first-order chi connectivity index (χ1) is 6.31. The summed E-state index contributed by atoms with van der Waals surface area (Å²) in [5.74, 6) is 0. The Hall–Kier alpha value is -0.810. The average Bonchev–Trinajstić information content (AvgIpc) is 2.59. The van der Waals surface area contributed by atoms with Crippen LogP contribution in [0.5, 0.6) is 0 Å². The molecular formula is C8H14N2O3. The maximum Gasteiger partial charge on any atom is 0.409 e. The number of ether oxygens (including phenoxy) is 2. The molecule has 2 fully saturated rings. The molecule has 13 heavy (non-hydrogen) atoms. The highest BCUT2D eigenvalue weighted by Gasteiger charge is 2.37. The normalized spacial score (nSPS) is 32.8. The van der Waals surface area contributed by atoms with Crippen molar-refractivity contribution in [2.24, 2.45) is 0 Å². The Labute approximate surface area is 77.0 Å². The Kier molecular flexibility index (Phi) is 2.37. The molecule has 0 aliphatic carbocycles. The lowest BCUT2D eigenvalue weighted by Crippen LogP contribution is -2.47. The summed E-state index contributed by atoms with van der Waals surface area (Å²) in [6.07, 6.45) is -0.118. The third-order valence-electron chi connectivity index (χ3n) is 2.54. The van der Waals surface area contributed by atoms with E-state index in [1.54, 1.807) is 4.90 Å². The van der Waals surface area contributed by atoms with Gasteiger partial charge in [-0.2, -0.15) is 0 Å². The van der Waals surface area contributed by atoms with Gasteiger partial charge in [-0.15, -0.1) is 0 Å². The molecule has 0 saturated carbocycles. The van der Waals surface area contributed by atoms with Crippen LogP contribution in [0.15, 0.2) is 0 Å². The van der Waals surface area contributed by atoms with Gasteiger partial charge in [-0.1, -0.05) is 0 Å². The van der Waals surface area contributed by atoms with Crippen LogP contribution in [0.1, 0.15) is 0 Å². The van der Waals surface area contributed by atoms with Crippen molar-refractivity contribution in [1.29, 1.82) is 0 Å². The van der Waals surface area contributed by atoms with Crippen molar-refractivity contribution in [2.45, 2.75) is 12.1 Å². The summed E-state index contributed by atoms with van der Waals surface area (Å²) in [5.41, 5.74) is 0. The molecule has 0 aromatic rings. The van der Waals surface area contributed by atoms with Gasteiger partial charge >= 0.3 is 6.09 Å². The van der Waals surface area contributed by atoms with Gasteiger partial charge in [-0.05, 0) is 0 Å². The van der Waals surface area contributed by atoms with E-state index in [1.807, 2.05) is 0 Å². The topological polar surface area (TPSA) is 50.8 Å². The lowest BCUT2D eigenvalue weighted by molar-refractivity contribution is 0.0176. The van der Waals surface area contributed by atoms with Crippen LogP contribution >= 0.6 is 0 Å². The average molecular weight is 186 g/mol. The summed E-state index contributed by atoms with van der Waals surface area (Å²) in [6.45, 7) is 2.94. The van der Waals surface area contributed by atoms with Crippen molar-refractivity contribution >= 4 is 6.09 Å². The van der Waals surface area contributed by atoms with E-state index in [1.165, 1.54) is 7.11 Å². The Morgan fingerprint density at radius 3 is 3.15 bits per heavy atom. The lowest BCUT2D eigenvalue weighted by Gasteiger charge is -2.25. The number of carbonyl (C=O) groups is 1. The highest BCUT2D eigenvalue weighted by Crippen LogP contribution is 2.16. The molecule has 1 N–H and O–H groups in total. The molecule has 2 rings (SSSR count). The minimum Gasteiger partial charge on any atom is -0.453 e. The number of fused-ring (bicyclic) bond motifs is 1. The van der Waals surface area contributed by atoms with E-state index >= 15 is 0 Å². The van der Waals surface area contributed by atoms with Gasteiger partial charge in [0.25, 0.3) is 0 Å².